The highest BCUT2D eigenvalue weighted by Gasteiger charge is 2.32. The van der Waals surface area contributed by atoms with Crippen molar-refractivity contribution < 1.29 is 27.5 Å². The molecule has 0 heterocycles. The molecule has 21 heavy (non-hydrogen) atoms. The van der Waals surface area contributed by atoms with Gasteiger partial charge in [0.2, 0.25) is 0 Å². The lowest BCUT2D eigenvalue weighted by atomic mass is 10.1. The molecule has 0 radical (unpaired) electrons. The zero-order valence-corrected chi connectivity index (χ0v) is 12.8. The molecule has 1 atom stereocenters. The van der Waals surface area contributed by atoms with E-state index < -0.39 is 29.7 Å². The minimum absolute atomic E-state index is 0.145. The van der Waals surface area contributed by atoms with Crippen LogP contribution in [0.3, 0.4) is 0 Å². The normalized spacial score (nSPS) is 12.7. The van der Waals surface area contributed by atoms with E-state index in [4.69, 9.17) is 4.74 Å². The number of hydrogen-bond donors (Lipinski definition) is 1. The average Bonchev–Trinajstić information content (AvgIpc) is 2.37. The molecule has 1 N–H and O–H groups in total. The van der Waals surface area contributed by atoms with Crippen molar-refractivity contribution in [3.05, 3.63) is 33.8 Å². The summed E-state index contributed by atoms with van der Waals surface area (Å²) in [6.07, 6.45) is -4.55. The first-order valence-corrected chi connectivity index (χ1v) is 6.80. The van der Waals surface area contributed by atoms with Crippen LogP contribution >= 0.6 is 15.9 Å². The predicted molar refractivity (Wildman–Crippen MR) is 72.7 cm³/mol. The van der Waals surface area contributed by atoms with Crippen molar-refractivity contribution in [2.24, 2.45) is 0 Å². The second-order valence-corrected chi connectivity index (χ2v) is 4.99. The Morgan fingerprint density at radius 2 is 2.00 bits per heavy atom. The summed E-state index contributed by atoms with van der Waals surface area (Å²) in [6, 6.07) is 1.75. The Kier molecular flexibility index (Phi) is 5.77. The number of hydrogen-bond acceptors (Lipinski definition) is 3. The van der Waals surface area contributed by atoms with Crippen LogP contribution in [-0.4, -0.2) is 24.5 Å². The number of nitrogens with one attached hydrogen (secondary N) is 1. The molecule has 1 unspecified atom stereocenters. The van der Waals surface area contributed by atoms with Crippen LogP contribution in [-0.2, 0) is 15.7 Å². The zero-order chi connectivity index (χ0) is 16.2. The number of alkyl halides is 3. The molecule has 1 amide bonds. The van der Waals surface area contributed by atoms with Gasteiger partial charge in [-0.15, -0.1) is 0 Å². The third kappa shape index (κ3) is 4.73. The van der Waals surface area contributed by atoms with E-state index in [-0.39, 0.29) is 16.6 Å². The van der Waals surface area contributed by atoms with Crippen LogP contribution in [0.4, 0.5) is 13.2 Å². The molecule has 8 heteroatoms. The van der Waals surface area contributed by atoms with Crippen LogP contribution in [0, 0.1) is 0 Å². The quantitative estimate of drug-likeness (QED) is 0.831. The average molecular weight is 368 g/mol. The fourth-order valence-electron chi connectivity index (χ4n) is 1.48. The van der Waals surface area contributed by atoms with E-state index in [1.807, 2.05) is 0 Å². The van der Waals surface area contributed by atoms with Crippen molar-refractivity contribution >= 4 is 27.8 Å². The van der Waals surface area contributed by atoms with Crippen LogP contribution < -0.4 is 5.32 Å². The number of esters is 1. The summed E-state index contributed by atoms with van der Waals surface area (Å²) in [4.78, 5) is 23.3. The van der Waals surface area contributed by atoms with Gasteiger partial charge in [0.25, 0.3) is 5.91 Å². The van der Waals surface area contributed by atoms with E-state index in [1.165, 1.54) is 6.92 Å². The fraction of sp³-hybridized carbons (Fsp3) is 0.385. The Labute approximate surface area is 127 Å². The van der Waals surface area contributed by atoms with Crippen LogP contribution in [0.1, 0.15) is 29.8 Å². The Hall–Kier alpha value is -1.57. The molecule has 0 spiro atoms. The first-order chi connectivity index (χ1) is 9.66. The van der Waals surface area contributed by atoms with Crippen LogP contribution in [0.15, 0.2) is 22.7 Å². The van der Waals surface area contributed by atoms with E-state index in [1.54, 1.807) is 6.92 Å². The number of amides is 1. The van der Waals surface area contributed by atoms with Gasteiger partial charge in [0.05, 0.1) is 17.7 Å². The molecular formula is C13H13BrF3NO3. The van der Waals surface area contributed by atoms with Crippen molar-refractivity contribution in [1.29, 1.82) is 0 Å². The van der Waals surface area contributed by atoms with Crippen LogP contribution in [0.25, 0.3) is 0 Å². The summed E-state index contributed by atoms with van der Waals surface area (Å²) in [5, 5.41) is 2.29. The molecule has 1 aromatic carbocycles. The van der Waals surface area contributed by atoms with E-state index in [2.05, 4.69) is 21.2 Å². The zero-order valence-electron chi connectivity index (χ0n) is 11.3. The maximum Gasteiger partial charge on any atom is 0.416 e. The number of carbonyl (C=O) groups excluding carboxylic acids is 2. The summed E-state index contributed by atoms with van der Waals surface area (Å²) in [6.45, 7) is 3.14. The van der Waals surface area contributed by atoms with E-state index >= 15 is 0 Å². The monoisotopic (exact) mass is 367 g/mol. The molecule has 1 rings (SSSR count). The number of halogens is 4. The van der Waals surface area contributed by atoms with Crippen molar-refractivity contribution in [3.63, 3.8) is 0 Å². The standard InChI is InChI=1S/C13H13BrF3NO3/c1-3-21-12(20)7(2)18-11(19)9-6-8(13(15,16)17)4-5-10(9)14/h4-7H,3H2,1-2H3,(H,18,19). The second-order valence-electron chi connectivity index (χ2n) is 4.14. The van der Waals surface area contributed by atoms with Crippen LogP contribution in [0.2, 0.25) is 0 Å². The number of carbonyl (C=O) groups is 2. The van der Waals surface area contributed by atoms with Gasteiger partial charge in [-0.25, -0.2) is 4.79 Å². The number of ether oxygens (including phenoxy) is 1. The largest absolute Gasteiger partial charge is 0.464 e. The first-order valence-electron chi connectivity index (χ1n) is 6.01. The summed E-state index contributed by atoms with van der Waals surface area (Å²) in [7, 11) is 0. The maximum absolute atomic E-state index is 12.6. The molecule has 0 aliphatic rings. The Balaban J connectivity index is 2.94. The Bertz CT molecular complexity index is 546. The minimum atomic E-state index is -4.55. The lowest BCUT2D eigenvalue weighted by Gasteiger charge is -2.14. The molecule has 1 aromatic rings. The SMILES string of the molecule is CCOC(=O)C(C)NC(=O)c1cc(C(F)(F)F)ccc1Br. The Morgan fingerprint density at radius 3 is 2.52 bits per heavy atom. The number of rotatable bonds is 4. The maximum atomic E-state index is 12.6. The molecule has 0 fully saturated rings. The molecule has 116 valence electrons. The minimum Gasteiger partial charge on any atom is -0.464 e. The molecule has 0 aliphatic heterocycles. The smallest absolute Gasteiger partial charge is 0.416 e. The second kappa shape index (κ2) is 6.93. The third-order valence-electron chi connectivity index (χ3n) is 2.53. The third-order valence-corrected chi connectivity index (χ3v) is 3.22. The molecule has 0 aliphatic carbocycles. The van der Waals surface area contributed by atoms with Gasteiger partial charge < -0.3 is 10.1 Å². The number of benzene rings is 1. The van der Waals surface area contributed by atoms with Crippen LogP contribution in [0.5, 0.6) is 0 Å². The van der Waals surface area contributed by atoms with Gasteiger partial charge in [-0.2, -0.15) is 13.2 Å². The lowest BCUT2D eigenvalue weighted by molar-refractivity contribution is -0.145. The molecule has 0 saturated carbocycles. The summed E-state index contributed by atoms with van der Waals surface area (Å²) in [5.41, 5.74) is -1.15. The van der Waals surface area contributed by atoms with Gasteiger partial charge in [-0.3, -0.25) is 4.79 Å². The van der Waals surface area contributed by atoms with Crippen molar-refractivity contribution in [3.8, 4) is 0 Å². The summed E-state index contributed by atoms with van der Waals surface area (Å²) < 4.78 is 42.8. The summed E-state index contributed by atoms with van der Waals surface area (Å²) in [5.74, 6) is -1.46. The fourth-order valence-corrected chi connectivity index (χ4v) is 1.90. The van der Waals surface area contributed by atoms with Gasteiger partial charge >= 0.3 is 12.1 Å². The van der Waals surface area contributed by atoms with Gasteiger partial charge in [0.15, 0.2) is 0 Å². The lowest BCUT2D eigenvalue weighted by Crippen LogP contribution is -2.39. The van der Waals surface area contributed by atoms with E-state index in [0.717, 1.165) is 18.2 Å². The first kappa shape index (κ1) is 17.5. The van der Waals surface area contributed by atoms with Crippen molar-refractivity contribution in [2.75, 3.05) is 6.61 Å². The van der Waals surface area contributed by atoms with Gasteiger partial charge in [-0.05, 0) is 48.0 Å². The van der Waals surface area contributed by atoms with Crippen molar-refractivity contribution in [2.45, 2.75) is 26.1 Å². The molecule has 4 nitrogen and oxygen atoms in total. The van der Waals surface area contributed by atoms with Gasteiger partial charge in [-0.1, -0.05) is 0 Å². The van der Waals surface area contributed by atoms with E-state index in [0.29, 0.717) is 0 Å². The molecule has 0 bridgehead atoms. The molecule has 0 aromatic heterocycles. The molecular weight excluding hydrogens is 355 g/mol. The highest BCUT2D eigenvalue weighted by Crippen LogP contribution is 2.31. The molecule has 0 saturated heterocycles. The van der Waals surface area contributed by atoms with Gasteiger partial charge in [0.1, 0.15) is 6.04 Å². The topological polar surface area (TPSA) is 55.4 Å². The highest BCUT2D eigenvalue weighted by atomic mass is 79.9. The summed E-state index contributed by atoms with van der Waals surface area (Å²) >= 11 is 3.01. The van der Waals surface area contributed by atoms with Crippen molar-refractivity contribution in [1.82, 2.24) is 5.32 Å². The predicted octanol–water partition coefficient (Wildman–Crippen LogP) is 3.15. The van der Waals surface area contributed by atoms with E-state index in [9.17, 15) is 22.8 Å². The Morgan fingerprint density at radius 1 is 1.38 bits per heavy atom. The van der Waals surface area contributed by atoms with Gasteiger partial charge in [0, 0.05) is 4.47 Å². The highest BCUT2D eigenvalue weighted by molar-refractivity contribution is 9.10.